The molecule has 0 radical (unpaired) electrons. The molecule has 0 saturated heterocycles. The second-order valence-corrected chi connectivity index (χ2v) is 5.88. The van der Waals surface area contributed by atoms with Gasteiger partial charge >= 0.3 is 0 Å². The topological polar surface area (TPSA) is 47.2 Å². The summed E-state index contributed by atoms with van der Waals surface area (Å²) in [7, 11) is 0. The van der Waals surface area contributed by atoms with Crippen molar-refractivity contribution in [1.82, 2.24) is 24.5 Å². The van der Waals surface area contributed by atoms with Gasteiger partial charge < -0.3 is 9.72 Å². The van der Waals surface area contributed by atoms with Gasteiger partial charge in [-0.05, 0) is 24.6 Å². The van der Waals surface area contributed by atoms with Crippen molar-refractivity contribution in [2.75, 3.05) is 6.54 Å². The van der Waals surface area contributed by atoms with Gasteiger partial charge in [0.1, 0.15) is 5.65 Å². The molecule has 3 aromatic heterocycles. The van der Waals surface area contributed by atoms with Crippen LogP contribution in [0.2, 0.25) is 5.02 Å². The average Bonchev–Trinajstić information content (AvgIpc) is 3.03. The Balaban J connectivity index is 2.01. The van der Waals surface area contributed by atoms with Gasteiger partial charge in [0.05, 0.1) is 23.1 Å². The van der Waals surface area contributed by atoms with Crippen molar-refractivity contribution in [3.63, 3.8) is 0 Å². The van der Waals surface area contributed by atoms with Crippen LogP contribution in [0.3, 0.4) is 0 Å². The summed E-state index contributed by atoms with van der Waals surface area (Å²) in [5.41, 5.74) is 1.98. The van der Waals surface area contributed by atoms with Crippen LogP contribution in [0.5, 0.6) is 0 Å². The van der Waals surface area contributed by atoms with Gasteiger partial charge in [-0.3, -0.25) is 0 Å². The lowest BCUT2D eigenvalue weighted by Gasteiger charge is -2.09. The van der Waals surface area contributed by atoms with E-state index in [2.05, 4.69) is 33.6 Å². The second-order valence-electron chi connectivity index (χ2n) is 5.44. The molecule has 0 atom stereocenters. The van der Waals surface area contributed by atoms with Crippen molar-refractivity contribution < 1.29 is 0 Å². The number of fused-ring (bicyclic) bond motifs is 1. The first-order chi connectivity index (χ1) is 10.1. The molecule has 0 spiro atoms. The number of hydrogen-bond acceptors (Lipinski definition) is 3. The summed E-state index contributed by atoms with van der Waals surface area (Å²) in [6.07, 6.45) is 5.41. The molecule has 0 aromatic carbocycles. The molecule has 0 aliphatic heterocycles. The quantitative estimate of drug-likeness (QED) is 0.788. The van der Waals surface area contributed by atoms with Gasteiger partial charge in [-0.25, -0.2) is 9.67 Å². The van der Waals surface area contributed by atoms with E-state index >= 15 is 0 Å². The molecule has 3 aromatic rings. The number of pyridine rings is 1. The van der Waals surface area contributed by atoms with E-state index in [1.54, 1.807) is 17.1 Å². The molecule has 110 valence electrons. The number of hydrogen-bond donors (Lipinski definition) is 1. The van der Waals surface area contributed by atoms with E-state index < -0.39 is 0 Å². The summed E-state index contributed by atoms with van der Waals surface area (Å²) < 4.78 is 3.81. The molecule has 1 N–H and O–H groups in total. The van der Waals surface area contributed by atoms with Crippen LogP contribution in [0.25, 0.3) is 11.5 Å². The van der Waals surface area contributed by atoms with Gasteiger partial charge in [0.15, 0.2) is 5.82 Å². The molecule has 0 saturated carbocycles. The standard InChI is InChI=1S/C15H18ClN5/c1-11(2)7-17-9-13-15(21-10-12(16)8-18-21)19-14-5-3-4-6-20(13)14/h3-6,8,10-11,17H,7,9H2,1-2H3. The van der Waals surface area contributed by atoms with Crippen LogP contribution in [0.4, 0.5) is 0 Å². The zero-order valence-corrected chi connectivity index (χ0v) is 12.9. The lowest BCUT2D eigenvalue weighted by atomic mass is 10.2. The fourth-order valence-corrected chi connectivity index (χ4v) is 2.41. The molecule has 0 fully saturated rings. The van der Waals surface area contributed by atoms with E-state index in [9.17, 15) is 0 Å². The summed E-state index contributed by atoms with van der Waals surface area (Å²) in [4.78, 5) is 4.66. The Morgan fingerprint density at radius 3 is 2.90 bits per heavy atom. The normalized spacial score (nSPS) is 11.6. The van der Waals surface area contributed by atoms with Gasteiger partial charge in [0.25, 0.3) is 0 Å². The van der Waals surface area contributed by atoms with Gasteiger partial charge in [-0.1, -0.05) is 31.5 Å². The maximum atomic E-state index is 5.97. The molecule has 3 heterocycles. The number of halogens is 1. The zero-order chi connectivity index (χ0) is 14.8. The maximum Gasteiger partial charge on any atom is 0.176 e. The zero-order valence-electron chi connectivity index (χ0n) is 12.1. The largest absolute Gasteiger partial charge is 0.311 e. The van der Waals surface area contributed by atoms with Crippen LogP contribution in [-0.4, -0.2) is 25.7 Å². The maximum absolute atomic E-state index is 5.97. The van der Waals surface area contributed by atoms with E-state index in [0.29, 0.717) is 10.9 Å². The number of nitrogens with one attached hydrogen (secondary N) is 1. The highest BCUT2D eigenvalue weighted by Crippen LogP contribution is 2.18. The number of imidazole rings is 1. The van der Waals surface area contributed by atoms with E-state index in [0.717, 1.165) is 30.2 Å². The molecular formula is C15H18ClN5. The first-order valence-electron chi connectivity index (χ1n) is 7.02. The third-order valence-electron chi connectivity index (χ3n) is 3.22. The van der Waals surface area contributed by atoms with E-state index in [1.165, 1.54) is 0 Å². The molecule has 0 amide bonds. The van der Waals surface area contributed by atoms with Crippen LogP contribution < -0.4 is 5.32 Å². The number of aromatic nitrogens is 4. The summed E-state index contributed by atoms with van der Waals surface area (Å²) in [5, 5.41) is 8.33. The Morgan fingerprint density at radius 1 is 1.33 bits per heavy atom. The minimum absolute atomic E-state index is 0.604. The summed E-state index contributed by atoms with van der Waals surface area (Å²) in [6.45, 7) is 6.07. The Kier molecular flexibility index (Phi) is 3.94. The van der Waals surface area contributed by atoms with Crippen molar-refractivity contribution >= 4 is 17.2 Å². The summed E-state index contributed by atoms with van der Waals surface area (Å²) in [6, 6.07) is 5.97. The molecular weight excluding hydrogens is 286 g/mol. The molecule has 0 aliphatic rings. The third kappa shape index (κ3) is 2.94. The first kappa shape index (κ1) is 14.1. The van der Waals surface area contributed by atoms with E-state index in [-0.39, 0.29) is 0 Å². The monoisotopic (exact) mass is 303 g/mol. The lowest BCUT2D eigenvalue weighted by molar-refractivity contribution is 0.545. The summed E-state index contributed by atoms with van der Waals surface area (Å²) >= 11 is 5.97. The number of nitrogens with zero attached hydrogens (tertiary/aromatic N) is 4. The van der Waals surface area contributed by atoms with Crippen molar-refractivity contribution in [1.29, 1.82) is 0 Å². The van der Waals surface area contributed by atoms with E-state index in [4.69, 9.17) is 11.6 Å². The van der Waals surface area contributed by atoms with Crippen LogP contribution in [-0.2, 0) is 6.54 Å². The molecule has 0 bridgehead atoms. The van der Waals surface area contributed by atoms with Crippen molar-refractivity contribution in [2.24, 2.45) is 5.92 Å². The SMILES string of the molecule is CC(C)CNCc1c(-n2cc(Cl)cn2)nc2ccccn12. The van der Waals surface area contributed by atoms with Crippen LogP contribution in [0.1, 0.15) is 19.5 Å². The fraction of sp³-hybridized carbons (Fsp3) is 0.333. The number of rotatable bonds is 5. The van der Waals surface area contributed by atoms with Gasteiger partial charge in [-0.2, -0.15) is 5.10 Å². The second kappa shape index (κ2) is 5.87. The predicted molar refractivity (Wildman–Crippen MR) is 83.9 cm³/mol. The van der Waals surface area contributed by atoms with Gasteiger partial charge in [0.2, 0.25) is 0 Å². The molecule has 0 aliphatic carbocycles. The van der Waals surface area contributed by atoms with Crippen molar-refractivity contribution in [3.8, 4) is 5.82 Å². The Hall–Kier alpha value is -1.85. The Bertz CT molecular complexity index is 743. The molecule has 6 heteroatoms. The summed E-state index contributed by atoms with van der Waals surface area (Å²) in [5.74, 6) is 1.41. The first-order valence-corrected chi connectivity index (χ1v) is 7.40. The van der Waals surface area contributed by atoms with Gasteiger partial charge in [0, 0.05) is 12.7 Å². The van der Waals surface area contributed by atoms with Crippen LogP contribution >= 0.6 is 11.6 Å². The Labute approximate surface area is 128 Å². The van der Waals surface area contributed by atoms with Crippen LogP contribution in [0.15, 0.2) is 36.8 Å². The van der Waals surface area contributed by atoms with Crippen molar-refractivity contribution in [3.05, 3.63) is 47.5 Å². The highest BCUT2D eigenvalue weighted by molar-refractivity contribution is 6.30. The Morgan fingerprint density at radius 2 is 2.19 bits per heavy atom. The molecule has 21 heavy (non-hydrogen) atoms. The minimum Gasteiger partial charge on any atom is -0.311 e. The highest BCUT2D eigenvalue weighted by Gasteiger charge is 2.14. The van der Waals surface area contributed by atoms with Gasteiger partial charge in [-0.15, -0.1) is 0 Å². The molecule has 5 nitrogen and oxygen atoms in total. The third-order valence-corrected chi connectivity index (χ3v) is 3.42. The molecule has 3 rings (SSSR count). The lowest BCUT2D eigenvalue weighted by Crippen LogP contribution is -2.21. The van der Waals surface area contributed by atoms with Crippen LogP contribution in [0, 0.1) is 5.92 Å². The molecule has 0 unspecified atom stereocenters. The van der Waals surface area contributed by atoms with Crippen molar-refractivity contribution in [2.45, 2.75) is 20.4 Å². The van der Waals surface area contributed by atoms with E-state index in [1.807, 2.05) is 24.4 Å². The predicted octanol–water partition coefficient (Wildman–Crippen LogP) is 2.92. The fourth-order valence-electron chi connectivity index (χ4n) is 2.28. The highest BCUT2D eigenvalue weighted by atomic mass is 35.5. The smallest absolute Gasteiger partial charge is 0.176 e. The minimum atomic E-state index is 0.604. The average molecular weight is 304 g/mol.